The van der Waals surface area contributed by atoms with E-state index in [0.717, 1.165) is 5.39 Å². The zero-order valence-corrected chi connectivity index (χ0v) is 10.9. The van der Waals surface area contributed by atoms with Gasteiger partial charge in [-0.1, -0.05) is 36.4 Å². The number of benzene rings is 3. The van der Waals surface area contributed by atoms with Crippen LogP contribution in [0.3, 0.4) is 0 Å². The normalized spacial score (nSPS) is 9.90. The van der Waals surface area contributed by atoms with E-state index in [2.05, 4.69) is 0 Å². The molecule has 0 radical (unpaired) electrons. The first kappa shape index (κ1) is 14.3. The van der Waals surface area contributed by atoms with Crippen molar-refractivity contribution >= 4 is 10.8 Å². The van der Waals surface area contributed by atoms with Crippen molar-refractivity contribution in [1.82, 2.24) is 0 Å². The maximum atomic E-state index is 9.41. The first-order valence-corrected chi connectivity index (χ1v) is 6.10. The van der Waals surface area contributed by atoms with Crippen LogP contribution in [0.5, 0.6) is 28.7 Å². The highest BCUT2D eigenvalue weighted by Crippen LogP contribution is 2.33. The molecule has 0 aromatic heterocycles. The minimum Gasteiger partial charge on any atom is -0.504 e. The van der Waals surface area contributed by atoms with Crippen LogP contribution in [-0.4, -0.2) is 25.5 Å². The molecule has 0 spiro atoms. The number of hydrogen-bond acceptors (Lipinski definition) is 5. The van der Waals surface area contributed by atoms with Crippen molar-refractivity contribution in [3.05, 3.63) is 54.6 Å². The lowest BCUT2D eigenvalue weighted by Crippen LogP contribution is -1.73. The van der Waals surface area contributed by atoms with Crippen molar-refractivity contribution in [1.29, 1.82) is 0 Å². The molecule has 5 N–H and O–H groups in total. The van der Waals surface area contributed by atoms with Gasteiger partial charge in [-0.25, -0.2) is 0 Å². The Morgan fingerprint density at radius 1 is 0.476 bits per heavy atom. The molecular weight excluding hydrogens is 272 g/mol. The highest BCUT2D eigenvalue weighted by atomic mass is 16.3. The Bertz CT molecular complexity index is 747. The third kappa shape index (κ3) is 3.09. The molecule has 0 unspecified atom stereocenters. The molecule has 3 rings (SSSR count). The molecule has 0 saturated carbocycles. The van der Waals surface area contributed by atoms with Crippen molar-refractivity contribution in [2.24, 2.45) is 0 Å². The first-order valence-electron chi connectivity index (χ1n) is 6.10. The van der Waals surface area contributed by atoms with Gasteiger partial charge in [-0.05, 0) is 23.6 Å². The summed E-state index contributed by atoms with van der Waals surface area (Å²) in [6.07, 6.45) is 0. The lowest BCUT2D eigenvalue weighted by atomic mass is 10.1. The summed E-state index contributed by atoms with van der Waals surface area (Å²) in [6, 6.07) is 14.6. The number of hydrogen-bond donors (Lipinski definition) is 5. The van der Waals surface area contributed by atoms with Crippen LogP contribution in [0, 0.1) is 0 Å². The molecule has 0 fully saturated rings. The van der Waals surface area contributed by atoms with Crippen LogP contribution in [-0.2, 0) is 0 Å². The Kier molecular flexibility index (Phi) is 4.04. The standard InChI is InChI=1S/C10H8O2.C6H6O3/c11-9-6-5-7-3-1-2-4-8(7)10(9)12;7-4-2-1-3-5(8)6(4)9/h1-6,11-12H;1-3,7-9H. The smallest absolute Gasteiger partial charge is 0.200 e. The zero-order valence-electron chi connectivity index (χ0n) is 10.9. The Morgan fingerprint density at radius 3 is 1.67 bits per heavy atom. The van der Waals surface area contributed by atoms with Gasteiger partial charge >= 0.3 is 0 Å². The van der Waals surface area contributed by atoms with Crippen LogP contribution in [0.1, 0.15) is 0 Å². The van der Waals surface area contributed by atoms with Gasteiger partial charge < -0.3 is 25.5 Å². The number of aromatic hydroxyl groups is 5. The lowest BCUT2D eigenvalue weighted by Gasteiger charge is -2.01. The van der Waals surface area contributed by atoms with Crippen LogP contribution < -0.4 is 0 Å². The predicted molar refractivity (Wildman–Crippen MR) is 78.7 cm³/mol. The Labute approximate surface area is 120 Å². The quantitative estimate of drug-likeness (QED) is 0.409. The Hall–Kier alpha value is -3.08. The van der Waals surface area contributed by atoms with Crippen LogP contribution in [0.25, 0.3) is 10.8 Å². The number of fused-ring (bicyclic) bond motifs is 1. The van der Waals surface area contributed by atoms with Gasteiger partial charge in [0.1, 0.15) is 0 Å². The van der Waals surface area contributed by atoms with E-state index in [1.807, 2.05) is 18.2 Å². The summed E-state index contributed by atoms with van der Waals surface area (Å²) in [4.78, 5) is 0. The van der Waals surface area contributed by atoms with Crippen molar-refractivity contribution in [3.8, 4) is 28.7 Å². The minimum absolute atomic E-state index is 0.0481. The maximum absolute atomic E-state index is 9.41. The molecular formula is C16H14O5. The van der Waals surface area contributed by atoms with E-state index < -0.39 is 5.75 Å². The van der Waals surface area contributed by atoms with Gasteiger partial charge in [0.2, 0.25) is 0 Å². The molecule has 0 saturated heterocycles. The fourth-order valence-electron chi connectivity index (χ4n) is 1.76. The number of rotatable bonds is 0. The average Bonchev–Trinajstić information content (AvgIpc) is 2.49. The summed E-state index contributed by atoms with van der Waals surface area (Å²) in [7, 11) is 0. The second-order valence-corrected chi connectivity index (χ2v) is 4.30. The molecule has 0 heterocycles. The van der Waals surface area contributed by atoms with Gasteiger partial charge in [0, 0.05) is 5.39 Å². The van der Waals surface area contributed by atoms with Crippen LogP contribution in [0.15, 0.2) is 54.6 Å². The van der Waals surface area contributed by atoms with E-state index in [1.54, 1.807) is 12.1 Å². The molecule has 0 bridgehead atoms. The molecule has 5 heteroatoms. The van der Waals surface area contributed by atoms with E-state index in [4.69, 9.17) is 20.4 Å². The Morgan fingerprint density at radius 2 is 1.05 bits per heavy atom. The Balaban J connectivity index is 0.000000161. The van der Waals surface area contributed by atoms with Crippen molar-refractivity contribution < 1.29 is 25.5 Å². The number of phenols is 5. The third-order valence-electron chi connectivity index (χ3n) is 2.87. The molecule has 108 valence electrons. The summed E-state index contributed by atoms with van der Waals surface area (Å²) in [6.45, 7) is 0. The predicted octanol–water partition coefficient (Wildman–Crippen LogP) is 3.05. The van der Waals surface area contributed by atoms with E-state index in [-0.39, 0.29) is 23.0 Å². The van der Waals surface area contributed by atoms with Gasteiger partial charge in [0.25, 0.3) is 0 Å². The van der Waals surface area contributed by atoms with Crippen LogP contribution >= 0.6 is 0 Å². The topological polar surface area (TPSA) is 101 Å². The third-order valence-corrected chi connectivity index (χ3v) is 2.87. The summed E-state index contributed by atoms with van der Waals surface area (Å²) in [5.41, 5.74) is 0. The molecule has 0 aliphatic carbocycles. The van der Waals surface area contributed by atoms with Gasteiger partial charge in [-0.2, -0.15) is 0 Å². The van der Waals surface area contributed by atoms with Gasteiger partial charge in [-0.15, -0.1) is 0 Å². The summed E-state index contributed by atoms with van der Waals surface area (Å²) < 4.78 is 0. The summed E-state index contributed by atoms with van der Waals surface area (Å²) in [5.74, 6) is -1.22. The van der Waals surface area contributed by atoms with Crippen LogP contribution in [0.2, 0.25) is 0 Å². The largest absolute Gasteiger partial charge is 0.504 e. The van der Waals surface area contributed by atoms with Gasteiger partial charge in [0.05, 0.1) is 0 Å². The SMILES string of the molecule is Oc1ccc2ccccc2c1O.Oc1cccc(O)c1O. The number of phenolic OH excluding ortho intramolecular Hbond substituents is 5. The zero-order chi connectivity index (χ0) is 15.4. The minimum atomic E-state index is -0.475. The fourth-order valence-corrected chi connectivity index (χ4v) is 1.76. The van der Waals surface area contributed by atoms with Crippen molar-refractivity contribution in [2.45, 2.75) is 0 Å². The van der Waals surface area contributed by atoms with Crippen LogP contribution in [0.4, 0.5) is 0 Å². The molecule has 21 heavy (non-hydrogen) atoms. The molecule has 5 nitrogen and oxygen atoms in total. The first-order chi connectivity index (χ1) is 10.0. The summed E-state index contributed by atoms with van der Waals surface area (Å²) in [5, 5.41) is 46.3. The van der Waals surface area contributed by atoms with E-state index in [9.17, 15) is 5.11 Å². The average molecular weight is 286 g/mol. The van der Waals surface area contributed by atoms with E-state index >= 15 is 0 Å². The highest BCUT2D eigenvalue weighted by molar-refractivity contribution is 5.90. The van der Waals surface area contributed by atoms with Gasteiger partial charge in [0.15, 0.2) is 28.7 Å². The molecule has 3 aromatic rings. The molecule has 0 aliphatic heterocycles. The fraction of sp³-hybridized carbons (Fsp3) is 0. The highest BCUT2D eigenvalue weighted by Gasteiger charge is 2.02. The second kappa shape index (κ2) is 5.92. The molecule has 3 aromatic carbocycles. The molecule has 0 aliphatic rings. The number of para-hydroxylation sites is 1. The molecule has 0 atom stereocenters. The van der Waals surface area contributed by atoms with Crippen molar-refractivity contribution in [2.75, 3.05) is 0 Å². The second-order valence-electron chi connectivity index (χ2n) is 4.30. The monoisotopic (exact) mass is 286 g/mol. The maximum Gasteiger partial charge on any atom is 0.200 e. The summed E-state index contributed by atoms with van der Waals surface area (Å²) >= 11 is 0. The molecule has 0 amide bonds. The van der Waals surface area contributed by atoms with E-state index in [0.29, 0.717) is 5.39 Å². The van der Waals surface area contributed by atoms with Crippen molar-refractivity contribution in [3.63, 3.8) is 0 Å². The van der Waals surface area contributed by atoms with E-state index in [1.165, 1.54) is 24.3 Å². The van der Waals surface area contributed by atoms with Gasteiger partial charge in [-0.3, -0.25) is 0 Å². The lowest BCUT2D eigenvalue weighted by molar-refractivity contribution is 0.368.